The number of nitrogens with zero attached hydrogens (tertiary/aromatic N) is 2. The molecule has 3 unspecified atom stereocenters. The second-order valence-electron chi connectivity index (χ2n) is 5.66. The first-order valence-electron chi connectivity index (χ1n) is 6.77. The molecule has 2 heterocycles. The minimum absolute atomic E-state index is 0.00707. The molecule has 0 aromatic rings. The van der Waals surface area contributed by atoms with Crippen LogP contribution in [0.3, 0.4) is 0 Å². The number of aliphatic carboxylic acids is 1. The van der Waals surface area contributed by atoms with E-state index in [1.54, 1.807) is 18.9 Å². The molecular weight excluding hydrogens is 248 g/mol. The van der Waals surface area contributed by atoms with Gasteiger partial charge in [0.15, 0.2) is 0 Å². The second kappa shape index (κ2) is 5.00. The van der Waals surface area contributed by atoms with Gasteiger partial charge in [0.1, 0.15) is 5.54 Å². The average molecular weight is 270 g/mol. The van der Waals surface area contributed by atoms with E-state index in [0.717, 1.165) is 12.8 Å². The van der Waals surface area contributed by atoms with Crippen LogP contribution in [0, 0.1) is 0 Å². The molecule has 19 heavy (non-hydrogen) atoms. The fourth-order valence-corrected chi connectivity index (χ4v) is 3.05. The third-order valence-corrected chi connectivity index (χ3v) is 4.47. The molecule has 6 nitrogen and oxygen atoms in total. The molecule has 0 saturated carbocycles. The van der Waals surface area contributed by atoms with Gasteiger partial charge in [-0.25, -0.2) is 9.59 Å². The number of likely N-dealkylation sites (tertiary alicyclic amines) is 1. The number of hydrogen-bond donors (Lipinski definition) is 1. The van der Waals surface area contributed by atoms with Gasteiger partial charge in [-0.05, 0) is 33.1 Å². The summed E-state index contributed by atoms with van der Waals surface area (Å²) in [6.07, 6.45) is 2.06. The minimum Gasteiger partial charge on any atom is -0.480 e. The molecule has 6 heteroatoms. The number of urea groups is 1. The number of amides is 2. The first-order valence-corrected chi connectivity index (χ1v) is 6.77. The predicted molar refractivity (Wildman–Crippen MR) is 69.0 cm³/mol. The summed E-state index contributed by atoms with van der Waals surface area (Å²) >= 11 is 0. The van der Waals surface area contributed by atoms with Crippen LogP contribution in [-0.4, -0.2) is 64.8 Å². The smallest absolute Gasteiger partial charge is 0.329 e. The van der Waals surface area contributed by atoms with Gasteiger partial charge in [0.2, 0.25) is 0 Å². The molecule has 0 bridgehead atoms. The molecule has 0 aliphatic carbocycles. The Labute approximate surface area is 113 Å². The Hall–Kier alpha value is -1.30. The molecule has 1 N–H and O–H groups in total. The molecule has 108 valence electrons. The van der Waals surface area contributed by atoms with Gasteiger partial charge in [-0.3, -0.25) is 0 Å². The predicted octanol–water partition coefficient (Wildman–Crippen LogP) is 1.15. The molecule has 0 aromatic heterocycles. The van der Waals surface area contributed by atoms with E-state index in [1.807, 2.05) is 6.92 Å². The van der Waals surface area contributed by atoms with Crippen molar-refractivity contribution in [2.24, 2.45) is 0 Å². The number of hydrogen-bond acceptors (Lipinski definition) is 3. The Bertz CT molecular complexity index is 387. The van der Waals surface area contributed by atoms with Crippen molar-refractivity contribution < 1.29 is 19.4 Å². The van der Waals surface area contributed by atoms with Gasteiger partial charge in [-0.2, -0.15) is 0 Å². The van der Waals surface area contributed by atoms with Crippen molar-refractivity contribution in [3.05, 3.63) is 0 Å². The first kappa shape index (κ1) is 14.1. The molecule has 2 rings (SSSR count). The van der Waals surface area contributed by atoms with E-state index < -0.39 is 11.5 Å². The van der Waals surface area contributed by atoms with Crippen LogP contribution < -0.4 is 0 Å². The largest absolute Gasteiger partial charge is 0.480 e. The first-order chi connectivity index (χ1) is 8.88. The zero-order chi connectivity index (χ0) is 14.2. The molecule has 2 aliphatic heterocycles. The molecule has 0 aromatic carbocycles. The van der Waals surface area contributed by atoms with Crippen LogP contribution in [0.1, 0.15) is 33.1 Å². The Morgan fingerprint density at radius 3 is 2.68 bits per heavy atom. The standard InChI is InChI=1S/C13H22N2O4/c1-9-10(5-8-19-9)14(3)12(18)15-7-4-6-13(15,2)11(16)17/h9-10H,4-8H2,1-3H3,(H,16,17). The third-order valence-electron chi connectivity index (χ3n) is 4.47. The molecule has 2 aliphatic rings. The zero-order valence-corrected chi connectivity index (χ0v) is 11.8. The van der Waals surface area contributed by atoms with Crippen LogP contribution in [0.2, 0.25) is 0 Å². The summed E-state index contributed by atoms with van der Waals surface area (Å²) in [4.78, 5) is 27.1. The highest BCUT2D eigenvalue weighted by Gasteiger charge is 2.48. The lowest BCUT2D eigenvalue weighted by Crippen LogP contribution is -2.56. The van der Waals surface area contributed by atoms with Crippen molar-refractivity contribution in [2.45, 2.75) is 50.8 Å². The SMILES string of the molecule is CC1OCCC1N(C)C(=O)N1CCCC1(C)C(=O)O. The lowest BCUT2D eigenvalue weighted by Gasteiger charge is -2.37. The van der Waals surface area contributed by atoms with Crippen molar-refractivity contribution in [3.63, 3.8) is 0 Å². The fourth-order valence-electron chi connectivity index (χ4n) is 3.05. The molecule has 2 fully saturated rings. The fraction of sp³-hybridized carbons (Fsp3) is 0.846. The average Bonchev–Trinajstić information content (AvgIpc) is 2.94. The van der Waals surface area contributed by atoms with Crippen LogP contribution in [0.15, 0.2) is 0 Å². The highest BCUT2D eigenvalue weighted by molar-refractivity contribution is 5.86. The Balaban J connectivity index is 2.12. The highest BCUT2D eigenvalue weighted by Crippen LogP contribution is 2.31. The number of rotatable bonds is 2. The summed E-state index contributed by atoms with van der Waals surface area (Å²) in [6, 6.07) is -0.170. The molecular formula is C13H22N2O4. The van der Waals surface area contributed by atoms with E-state index in [2.05, 4.69) is 0 Å². The number of carboxylic acids is 1. The van der Waals surface area contributed by atoms with Gasteiger partial charge >= 0.3 is 12.0 Å². The molecule has 2 saturated heterocycles. The third kappa shape index (κ3) is 2.29. The van der Waals surface area contributed by atoms with Crippen LogP contribution in [0.5, 0.6) is 0 Å². The van der Waals surface area contributed by atoms with E-state index in [0.29, 0.717) is 19.6 Å². The summed E-state index contributed by atoms with van der Waals surface area (Å²) in [5.74, 6) is -0.928. The number of carbonyl (C=O) groups excluding carboxylic acids is 1. The normalized spacial score (nSPS) is 34.6. The highest BCUT2D eigenvalue weighted by atomic mass is 16.5. The van der Waals surface area contributed by atoms with E-state index in [4.69, 9.17) is 4.74 Å². The summed E-state index contributed by atoms with van der Waals surface area (Å²) in [5, 5.41) is 9.35. The lowest BCUT2D eigenvalue weighted by atomic mass is 9.99. The Morgan fingerprint density at radius 2 is 2.16 bits per heavy atom. The lowest BCUT2D eigenvalue weighted by molar-refractivity contribution is -0.147. The summed E-state index contributed by atoms with van der Waals surface area (Å²) in [5.41, 5.74) is -1.08. The van der Waals surface area contributed by atoms with Crippen molar-refractivity contribution in [3.8, 4) is 0 Å². The molecule has 0 radical (unpaired) electrons. The van der Waals surface area contributed by atoms with Crippen molar-refractivity contribution in [2.75, 3.05) is 20.2 Å². The Morgan fingerprint density at radius 1 is 1.47 bits per heavy atom. The van der Waals surface area contributed by atoms with Crippen LogP contribution in [-0.2, 0) is 9.53 Å². The van der Waals surface area contributed by atoms with Crippen molar-refractivity contribution >= 4 is 12.0 Å². The topological polar surface area (TPSA) is 70.1 Å². The van der Waals surface area contributed by atoms with E-state index in [9.17, 15) is 14.7 Å². The molecule has 0 spiro atoms. The van der Waals surface area contributed by atoms with Crippen LogP contribution >= 0.6 is 0 Å². The zero-order valence-electron chi connectivity index (χ0n) is 11.8. The van der Waals surface area contributed by atoms with E-state index in [1.165, 1.54) is 4.90 Å². The summed E-state index contributed by atoms with van der Waals surface area (Å²) < 4.78 is 5.47. The Kier molecular flexibility index (Phi) is 3.71. The quantitative estimate of drug-likeness (QED) is 0.817. The number of carboxylic acid groups (broad SMARTS) is 1. The van der Waals surface area contributed by atoms with E-state index in [-0.39, 0.29) is 18.2 Å². The van der Waals surface area contributed by atoms with Gasteiger partial charge in [-0.15, -0.1) is 0 Å². The maximum atomic E-state index is 12.5. The van der Waals surface area contributed by atoms with Crippen molar-refractivity contribution in [1.82, 2.24) is 9.80 Å². The van der Waals surface area contributed by atoms with Gasteiger partial charge in [0.05, 0.1) is 12.1 Å². The molecule has 2 amide bonds. The summed E-state index contributed by atoms with van der Waals surface area (Å²) in [7, 11) is 1.73. The van der Waals surface area contributed by atoms with Gasteiger partial charge in [0, 0.05) is 20.2 Å². The maximum Gasteiger partial charge on any atom is 0.329 e. The number of likely N-dealkylation sites (N-methyl/N-ethyl adjacent to an activating group) is 1. The van der Waals surface area contributed by atoms with Crippen molar-refractivity contribution in [1.29, 1.82) is 0 Å². The van der Waals surface area contributed by atoms with Gasteiger partial charge in [0.25, 0.3) is 0 Å². The monoisotopic (exact) mass is 270 g/mol. The second-order valence-corrected chi connectivity index (χ2v) is 5.66. The van der Waals surface area contributed by atoms with Gasteiger partial charge in [-0.1, -0.05) is 0 Å². The van der Waals surface area contributed by atoms with Crippen LogP contribution in [0.4, 0.5) is 4.79 Å². The molecule has 3 atom stereocenters. The van der Waals surface area contributed by atoms with Gasteiger partial charge < -0.3 is 19.6 Å². The maximum absolute atomic E-state index is 12.5. The minimum atomic E-state index is -1.08. The van der Waals surface area contributed by atoms with E-state index >= 15 is 0 Å². The number of carbonyl (C=O) groups is 2. The van der Waals surface area contributed by atoms with Crippen LogP contribution in [0.25, 0.3) is 0 Å². The number of ether oxygens (including phenoxy) is 1. The summed E-state index contributed by atoms with van der Waals surface area (Å²) in [6.45, 7) is 4.73.